The lowest BCUT2D eigenvalue weighted by Crippen LogP contribution is -2.05. The molecule has 1 aliphatic rings. The molecule has 0 aliphatic heterocycles. The molecule has 0 spiro atoms. The van der Waals surface area contributed by atoms with E-state index in [1.165, 1.54) is 66.3 Å². The summed E-state index contributed by atoms with van der Waals surface area (Å²) in [5.41, 5.74) is 16.6. The highest BCUT2D eigenvalue weighted by molar-refractivity contribution is 6.13. The Balaban J connectivity index is 1.02. The van der Waals surface area contributed by atoms with Gasteiger partial charge in [0.15, 0.2) is 11.7 Å². The third-order valence-electron chi connectivity index (χ3n) is 11.0. The first kappa shape index (κ1) is 34.1. The molecule has 1 aromatic heterocycles. The molecule has 57 heavy (non-hydrogen) atoms. The number of rotatable bonds is 7. The van der Waals surface area contributed by atoms with Crippen LogP contribution in [0.3, 0.4) is 0 Å². The van der Waals surface area contributed by atoms with Gasteiger partial charge in [-0.25, -0.2) is 9.98 Å². The van der Waals surface area contributed by atoms with E-state index in [1.807, 2.05) is 60.7 Å². The van der Waals surface area contributed by atoms with Crippen molar-refractivity contribution >= 4 is 40.2 Å². The summed E-state index contributed by atoms with van der Waals surface area (Å²) in [5, 5.41) is 2.49. The zero-order chi connectivity index (χ0) is 38.1. The maximum Gasteiger partial charge on any atom is 0.161 e. The first-order chi connectivity index (χ1) is 28.2. The van der Waals surface area contributed by atoms with Crippen molar-refractivity contribution in [3.05, 3.63) is 222 Å². The monoisotopic (exact) mass is 730 g/mol. The lowest BCUT2D eigenvalue weighted by molar-refractivity contribution is 1.05. The van der Waals surface area contributed by atoms with E-state index in [0.717, 1.165) is 28.8 Å². The minimum atomic E-state index is 0.497. The molecule has 0 radical (unpaired) electrons. The van der Waals surface area contributed by atoms with Crippen LogP contribution in [-0.4, -0.2) is 23.0 Å². The van der Waals surface area contributed by atoms with Crippen molar-refractivity contribution in [1.82, 2.24) is 4.57 Å². The summed E-state index contributed by atoms with van der Waals surface area (Å²) < 4.78 is 2.46. The summed E-state index contributed by atoms with van der Waals surface area (Å²) >= 11 is 0. The van der Waals surface area contributed by atoms with Crippen LogP contribution in [0.5, 0.6) is 0 Å². The van der Waals surface area contributed by atoms with Gasteiger partial charge in [0, 0.05) is 27.6 Å². The number of benzene rings is 8. The Morgan fingerprint density at radius 3 is 1.54 bits per heavy atom. The number of aromatic nitrogens is 1. The molecule has 1 heterocycles. The third-order valence-corrected chi connectivity index (χ3v) is 11.0. The van der Waals surface area contributed by atoms with Crippen molar-refractivity contribution in [1.29, 1.82) is 0 Å². The predicted octanol–water partition coefficient (Wildman–Crippen LogP) is 12.8. The van der Waals surface area contributed by atoms with Gasteiger partial charge in [-0.05, 0) is 87.5 Å². The van der Waals surface area contributed by atoms with Crippen molar-refractivity contribution in [2.24, 2.45) is 15.0 Å². The SMILES string of the molecule is C=NC(=NC(=NCc1ccc2c(c1)Cc1cc(-n3c4cc(-c5ccccc5)ccc4c4ccc(-c5ccccc5)cc43)ccc1-2)c1ccccc1)c1ccccc1. The maximum atomic E-state index is 5.05. The Hall–Kier alpha value is -7.43. The van der Waals surface area contributed by atoms with Gasteiger partial charge >= 0.3 is 0 Å². The predicted molar refractivity (Wildman–Crippen MR) is 239 cm³/mol. The molecule has 4 nitrogen and oxygen atoms in total. The first-order valence-electron chi connectivity index (χ1n) is 19.4. The van der Waals surface area contributed by atoms with E-state index in [1.54, 1.807) is 0 Å². The molecule has 1 aliphatic carbocycles. The van der Waals surface area contributed by atoms with Crippen LogP contribution in [0.15, 0.2) is 209 Å². The van der Waals surface area contributed by atoms with Crippen molar-refractivity contribution in [2.45, 2.75) is 13.0 Å². The summed E-state index contributed by atoms with van der Waals surface area (Å²) in [7, 11) is 0. The van der Waals surface area contributed by atoms with E-state index in [0.29, 0.717) is 18.2 Å². The molecule has 270 valence electrons. The van der Waals surface area contributed by atoms with Crippen LogP contribution >= 0.6 is 0 Å². The van der Waals surface area contributed by atoms with Crippen molar-refractivity contribution in [3.8, 4) is 39.1 Å². The molecule has 0 N–H and O–H groups in total. The molecule has 0 amide bonds. The molecule has 8 aromatic carbocycles. The van der Waals surface area contributed by atoms with E-state index < -0.39 is 0 Å². The Morgan fingerprint density at radius 2 is 0.982 bits per heavy atom. The van der Waals surface area contributed by atoms with E-state index >= 15 is 0 Å². The highest BCUT2D eigenvalue weighted by atomic mass is 15.0. The van der Waals surface area contributed by atoms with Gasteiger partial charge in [-0.1, -0.05) is 170 Å². The molecule has 0 unspecified atom stereocenters. The molecular weight excluding hydrogens is 693 g/mol. The molecule has 9 aromatic rings. The van der Waals surface area contributed by atoms with Crippen LogP contribution in [0.1, 0.15) is 27.8 Å². The van der Waals surface area contributed by atoms with E-state index in [4.69, 9.17) is 9.98 Å². The zero-order valence-corrected chi connectivity index (χ0v) is 31.4. The van der Waals surface area contributed by atoms with Gasteiger partial charge in [0.1, 0.15) is 0 Å². The van der Waals surface area contributed by atoms with Crippen molar-refractivity contribution in [3.63, 3.8) is 0 Å². The molecule has 0 saturated heterocycles. The van der Waals surface area contributed by atoms with Gasteiger partial charge in [0.2, 0.25) is 0 Å². The van der Waals surface area contributed by atoms with Crippen LogP contribution in [0.25, 0.3) is 60.9 Å². The highest BCUT2D eigenvalue weighted by Gasteiger charge is 2.21. The number of hydrogen-bond acceptors (Lipinski definition) is 1. The standard InChI is InChI=1S/C53H38N4/c1-54-52(39-18-10-4-11-19-39)56-53(40-20-12-5-13-21-40)55-35-36-22-26-46-43(30-36)31-44-32-45(25-29-47(44)46)57-50-33-41(37-14-6-2-7-15-37)23-27-48(50)49-28-24-42(34-51(49)57)38-16-8-3-9-17-38/h2-30,32-34H,1,31,35H2. The van der Waals surface area contributed by atoms with Crippen LogP contribution in [0.2, 0.25) is 0 Å². The molecule has 0 fully saturated rings. The van der Waals surface area contributed by atoms with Gasteiger partial charge in [-0.3, -0.25) is 4.99 Å². The molecular formula is C53H38N4. The third kappa shape index (κ3) is 6.47. The molecule has 4 heteroatoms. The Kier molecular flexibility index (Phi) is 8.77. The Labute approximate surface area is 332 Å². The quantitative estimate of drug-likeness (QED) is 0.116. The number of hydrogen-bond donors (Lipinski definition) is 0. The maximum absolute atomic E-state index is 5.05. The van der Waals surface area contributed by atoms with Gasteiger partial charge in [0.25, 0.3) is 0 Å². The van der Waals surface area contributed by atoms with Crippen LogP contribution in [0, 0.1) is 0 Å². The summed E-state index contributed by atoms with van der Waals surface area (Å²) in [6.45, 7) is 4.31. The molecule has 0 saturated carbocycles. The lowest BCUT2D eigenvalue weighted by atomic mass is 10.0. The highest BCUT2D eigenvalue weighted by Crippen LogP contribution is 2.41. The van der Waals surface area contributed by atoms with E-state index in [2.05, 4.69) is 150 Å². The van der Waals surface area contributed by atoms with E-state index in [9.17, 15) is 0 Å². The van der Waals surface area contributed by atoms with Crippen molar-refractivity contribution in [2.75, 3.05) is 0 Å². The fourth-order valence-electron chi connectivity index (χ4n) is 8.23. The van der Waals surface area contributed by atoms with Gasteiger partial charge in [-0.15, -0.1) is 0 Å². The smallest absolute Gasteiger partial charge is 0.161 e. The first-order valence-corrected chi connectivity index (χ1v) is 19.4. The summed E-state index contributed by atoms with van der Waals surface area (Å²) in [5.74, 6) is 1.18. The largest absolute Gasteiger partial charge is 0.309 e. The van der Waals surface area contributed by atoms with Crippen LogP contribution in [0.4, 0.5) is 0 Å². The van der Waals surface area contributed by atoms with Gasteiger partial charge < -0.3 is 4.57 Å². The van der Waals surface area contributed by atoms with Crippen molar-refractivity contribution < 1.29 is 0 Å². The van der Waals surface area contributed by atoms with Crippen LogP contribution < -0.4 is 0 Å². The fourth-order valence-corrected chi connectivity index (χ4v) is 8.23. The molecule has 0 bridgehead atoms. The zero-order valence-electron chi connectivity index (χ0n) is 31.4. The van der Waals surface area contributed by atoms with Gasteiger partial charge in [0.05, 0.1) is 17.6 Å². The lowest BCUT2D eigenvalue weighted by Gasteiger charge is -2.12. The second kappa shape index (κ2) is 14.7. The summed E-state index contributed by atoms with van der Waals surface area (Å²) in [6.07, 6.45) is 0.861. The molecule has 0 atom stereocenters. The number of fused-ring (bicyclic) bond motifs is 6. The Bertz CT molecular complexity index is 2900. The average molecular weight is 731 g/mol. The van der Waals surface area contributed by atoms with Crippen LogP contribution in [-0.2, 0) is 13.0 Å². The van der Waals surface area contributed by atoms with Gasteiger partial charge in [-0.2, -0.15) is 0 Å². The average Bonchev–Trinajstić information content (AvgIpc) is 3.81. The topological polar surface area (TPSA) is 42.0 Å². The summed E-state index contributed by atoms with van der Waals surface area (Å²) in [4.78, 5) is 14.2. The minimum absolute atomic E-state index is 0.497. The second-order valence-corrected chi connectivity index (χ2v) is 14.5. The summed E-state index contributed by atoms with van der Waals surface area (Å²) in [6, 6.07) is 68.9. The minimum Gasteiger partial charge on any atom is -0.309 e. The molecule has 10 rings (SSSR count). The number of nitrogens with zero attached hydrogens (tertiary/aromatic N) is 4. The van der Waals surface area contributed by atoms with E-state index in [-0.39, 0.29) is 0 Å². The Morgan fingerprint density at radius 1 is 0.474 bits per heavy atom. The number of aliphatic imine (C=N–C) groups is 3. The second-order valence-electron chi connectivity index (χ2n) is 14.5. The number of amidine groups is 2. The fraction of sp³-hybridized carbons (Fsp3) is 0.0377. The normalized spacial score (nSPS) is 12.5.